The predicted molar refractivity (Wildman–Crippen MR) is 114 cm³/mol. The maximum atomic E-state index is 13.1. The highest BCUT2D eigenvalue weighted by atomic mass is 35.5. The predicted octanol–water partition coefficient (Wildman–Crippen LogP) is 5.13. The van der Waals surface area contributed by atoms with E-state index in [1.807, 2.05) is 12.1 Å². The number of carbonyl (C=O) groups is 1. The summed E-state index contributed by atoms with van der Waals surface area (Å²) in [6.45, 7) is 2.51. The molecule has 3 saturated heterocycles. The third-order valence-corrected chi connectivity index (χ3v) is 7.22. The molecule has 5 nitrogen and oxygen atoms in total. The molecule has 0 spiro atoms. The second-order valence-corrected chi connectivity index (χ2v) is 9.88. The summed E-state index contributed by atoms with van der Waals surface area (Å²) in [5, 5.41) is 0.569. The van der Waals surface area contributed by atoms with Gasteiger partial charge >= 0.3 is 18.4 Å². The van der Waals surface area contributed by atoms with E-state index in [0.29, 0.717) is 37.7 Å². The fourth-order valence-corrected chi connectivity index (χ4v) is 5.62. The average molecular weight is 532 g/mol. The number of para-hydroxylation sites is 1. The first-order valence-corrected chi connectivity index (χ1v) is 11.6. The lowest BCUT2D eigenvalue weighted by atomic mass is 10.0. The first-order valence-electron chi connectivity index (χ1n) is 11.3. The van der Waals surface area contributed by atoms with Crippen molar-refractivity contribution in [2.75, 3.05) is 50.8 Å². The highest BCUT2D eigenvalue weighted by Crippen LogP contribution is 2.39. The molecule has 13 heteroatoms. The summed E-state index contributed by atoms with van der Waals surface area (Å²) in [6, 6.07) is 5.55. The topological polar surface area (TPSA) is 36.0 Å². The van der Waals surface area contributed by atoms with Crippen molar-refractivity contribution in [1.29, 1.82) is 0 Å². The van der Waals surface area contributed by atoms with Gasteiger partial charge in [0.25, 0.3) is 6.10 Å². The summed E-state index contributed by atoms with van der Waals surface area (Å²) < 4.78 is 93.2. The third kappa shape index (κ3) is 5.73. The molecule has 0 aliphatic carbocycles. The van der Waals surface area contributed by atoms with Crippen LogP contribution in [0.2, 0.25) is 5.02 Å². The summed E-state index contributed by atoms with van der Waals surface area (Å²) >= 11 is 6.47. The zero-order valence-corrected chi connectivity index (χ0v) is 19.3. The molecule has 4 rings (SSSR count). The number of alkyl halides is 7. The van der Waals surface area contributed by atoms with Gasteiger partial charge in [0.05, 0.1) is 17.4 Å². The average Bonchev–Trinajstić information content (AvgIpc) is 3.45. The third-order valence-electron chi connectivity index (χ3n) is 6.92. The number of ether oxygens (including phenoxy) is 1. The second-order valence-electron chi connectivity index (χ2n) is 9.47. The minimum atomic E-state index is -5.74. The van der Waals surface area contributed by atoms with Gasteiger partial charge in [-0.1, -0.05) is 23.7 Å². The van der Waals surface area contributed by atoms with Gasteiger partial charge in [0, 0.05) is 51.7 Å². The lowest BCUT2D eigenvalue weighted by Gasteiger charge is -2.27. The molecule has 196 valence electrons. The Labute approximate surface area is 202 Å². The molecular formula is C22H25ClF7N3O2. The number of halogens is 8. The molecular weight excluding hydrogens is 507 g/mol. The minimum absolute atomic E-state index is 0.0230. The van der Waals surface area contributed by atoms with Crippen LogP contribution in [-0.4, -0.2) is 80.3 Å². The molecule has 2 unspecified atom stereocenters. The van der Waals surface area contributed by atoms with Gasteiger partial charge in [0.15, 0.2) is 0 Å². The molecule has 3 fully saturated rings. The molecule has 3 atom stereocenters. The number of anilines is 1. The van der Waals surface area contributed by atoms with Crippen LogP contribution in [0.25, 0.3) is 0 Å². The highest BCUT2D eigenvalue weighted by Gasteiger charge is 2.60. The molecule has 0 aromatic heterocycles. The second kappa shape index (κ2) is 9.84. The minimum Gasteiger partial charge on any atom is -0.426 e. The van der Waals surface area contributed by atoms with Crippen molar-refractivity contribution >= 4 is 23.4 Å². The Morgan fingerprint density at radius 1 is 1.03 bits per heavy atom. The molecule has 1 amide bonds. The molecule has 0 saturated carbocycles. The van der Waals surface area contributed by atoms with Gasteiger partial charge in [-0.25, -0.2) is 4.79 Å². The maximum absolute atomic E-state index is 13.1. The Kier molecular flexibility index (Phi) is 7.34. The molecule has 3 aliphatic rings. The lowest BCUT2D eigenvalue weighted by Crippen LogP contribution is -2.48. The zero-order valence-electron chi connectivity index (χ0n) is 18.6. The zero-order chi connectivity index (χ0) is 25.5. The van der Waals surface area contributed by atoms with Crippen molar-refractivity contribution in [2.24, 2.45) is 17.8 Å². The number of carbonyl (C=O) groups excluding carboxylic acids is 1. The molecule has 0 bridgehead atoms. The van der Waals surface area contributed by atoms with Crippen LogP contribution < -0.4 is 4.90 Å². The number of nitrogens with zero attached hydrogens (tertiary/aromatic N) is 3. The first-order chi connectivity index (χ1) is 16.4. The molecule has 3 aliphatic heterocycles. The summed E-state index contributed by atoms with van der Waals surface area (Å²) in [5.74, 6) is -0.225. The van der Waals surface area contributed by atoms with E-state index in [1.165, 1.54) is 0 Å². The van der Waals surface area contributed by atoms with Gasteiger partial charge in [-0.05, 0) is 29.9 Å². The van der Waals surface area contributed by atoms with Gasteiger partial charge < -0.3 is 14.5 Å². The Hall–Kier alpha value is -1.95. The van der Waals surface area contributed by atoms with Gasteiger partial charge in [0.1, 0.15) is 0 Å². The number of fused-ring (bicyclic) bond motifs is 1. The Morgan fingerprint density at radius 2 is 1.66 bits per heavy atom. The number of hydrogen-bond donors (Lipinski definition) is 0. The molecule has 0 radical (unpaired) electrons. The van der Waals surface area contributed by atoms with Crippen LogP contribution in [0.5, 0.6) is 0 Å². The molecule has 35 heavy (non-hydrogen) atoms. The Bertz CT molecular complexity index is 901. The Morgan fingerprint density at radius 3 is 2.20 bits per heavy atom. The van der Waals surface area contributed by atoms with Gasteiger partial charge in [-0.15, -0.1) is 0 Å². The summed E-state index contributed by atoms with van der Waals surface area (Å²) in [6.07, 6.45) is -16.5. The quantitative estimate of drug-likeness (QED) is 0.494. The largest absolute Gasteiger partial charge is 0.434 e. The van der Waals surface area contributed by atoms with E-state index in [-0.39, 0.29) is 30.8 Å². The summed E-state index contributed by atoms with van der Waals surface area (Å²) in [5.41, 5.74) is 1.82. The van der Waals surface area contributed by atoms with Crippen LogP contribution in [-0.2, 0) is 11.3 Å². The molecule has 3 heterocycles. The number of benzene rings is 1. The smallest absolute Gasteiger partial charge is 0.426 e. The maximum Gasteiger partial charge on any atom is 0.434 e. The molecule has 1 aromatic rings. The number of rotatable bonds is 5. The number of hydrogen-bond acceptors (Lipinski definition) is 4. The van der Waals surface area contributed by atoms with Gasteiger partial charge in [-0.2, -0.15) is 26.3 Å². The lowest BCUT2D eigenvalue weighted by molar-refractivity contribution is -0.308. The Balaban J connectivity index is 1.36. The standard InChI is InChI=1S/C22H25ClF7N3O2/c23-17-3-1-2-14(18(17)32-5-4-13(6-24)7-32)8-31-9-15-11-33(12-16(15)10-31)20(34)35-19(21(25,26)27)22(28,29)30/h1-3,13,15-16,19H,4-12H2/t13-,15?,16?/m1/s1. The van der Waals surface area contributed by atoms with Gasteiger partial charge in [0.2, 0.25) is 0 Å². The van der Waals surface area contributed by atoms with Crippen LogP contribution in [0, 0.1) is 17.8 Å². The summed E-state index contributed by atoms with van der Waals surface area (Å²) in [4.78, 5) is 17.2. The van der Waals surface area contributed by atoms with Crippen molar-refractivity contribution < 1.29 is 40.3 Å². The van der Waals surface area contributed by atoms with Crippen molar-refractivity contribution in [3.8, 4) is 0 Å². The van der Waals surface area contributed by atoms with E-state index in [0.717, 1.165) is 22.6 Å². The fourth-order valence-electron chi connectivity index (χ4n) is 5.31. The molecule has 1 aromatic carbocycles. The monoisotopic (exact) mass is 531 g/mol. The van der Waals surface area contributed by atoms with E-state index in [4.69, 9.17) is 11.6 Å². The highest BCUT2D eigenvalue weighted by molar-refractivity contribution is 6.33. The van der Waals surface area contributed by atoms with E-state index < -0.39 is 31.2 Å². The van der Waals surface area contributed by atoms with Crippen molar-refractivity contribution in [3.63, 3.8) is 0 Å². The van der Waals surface area contributed by atoms with Crippen LogP contribution in [0.1, 0.15) is 12.0 Å². The van der Waals surface area contributed by atoms with Crippen molar-refractivity contribution in [1.82, 2.24) is 9.80 Å². The SMILES string of the molecule is O=C(OC(C(F)(F)F)C(F)(F)F)N1CC2CN(Cc3cccc(Cl)c3N3CC[C@H](CF)C3)CC2C1. The van der Waals surface area contributed by atoms with E-state index in [1.54, 1.807) is 6.07 Å². The molecule has 0 N–H and O–H groups in total. The van der Waals surface area contributed by atoms with Crippen molar-refractivity contribution in [2.45, 2.75) is 31.4 Å². The van der Waals surface area contributed by atoms with Crippen LogP contribution in [0.15, 0.2) is 18.2 Å². The first kappa shape index (κ1) is 26.1. The van der Waals surface area contributed by atoms with Gasteiger partial charge in [-0.3, -0.25) is 9.29 Å². The summed E-state index contributed by atoms with van der Waals surface area (Å²) in [7, 11) is 0. The van der Waals surface area contributed by atoms with Crippen LogP contribution >= 0.6 is 11.6 Å². The number of amides is 1. The van der Waals surface area contributed by atoms with E-state index >= 15 is 0 Å². The van der Waals surface area contributed by atoms with Crippen LogP contribution in [0.4, 0.5) is 41.2 Å². The van der Waals surface area contributed by atoms with E-state index in [9.17, 15) is 35.5 Å². The van der Waals surface area contributed by atoms with Crippen LogP contribution in [0.3, 0.4) is 0 Å². The normalized spacial score (nSPS) is 25.6. The van der Waals surface area contributed by atoms with E-state index in [2.05, 4.69) is 14.5 Å². The van der Waals surface area contributed by atoms with Crippen molar-refractivity contribution in [3.05, 3.63) is 28.8 Å². The number of likely N-dealkylation sites (tertiary alicyclic amines) is 2. The fraction of sp³-hybridized carbons (Fsp3) is 0.682.